The second-order valence-corrected chi connectivity index (χ2v) is 5.28. The van der Waals surface area contributed by atoms with Crippen molar-refractivity contribution in [3.8, 4) is 5.75 Å². The van der Waals surface area contributed by atoms with Crippen molar-refractivity contribution in [1.82, 2.24) is 10.6 Å². The molecule has 1 aromatic carbocycles. The molecule has 4 N–H and O–H groups in total. The minimum absolute atomic E-state index is 0.141. The van der Waals surface area contributed by atoms with Crippen LogP contribution in [-0.2, 0) is 0 Å². The number of hydrogen-bond acceptors (Lipinski definition) is 4. The minimum atomic E-state index is -0.618. The van der Waals surface area contributed by atoms with Crippen LogP contribution >= 0.6 is 11.6 Å². The van der Waals surface area contributed by atoms with Crippen LogP contribution in [0.4, 0.5) is 10.5 Å². The summed E-state index contributed by atoms with van der Waals surface area (Å²) in [6.45, 7) is 4.60. The number of carbonyl (C=O) groups excluding carboxylic acids is 1. The van der Waals surface area contributed by atoms with Gasteiger partial charge in [-0.25, -0.2) is 4.79 Å². The van der Waals surface area contributed by atoms with Crippen molar-refractivity contribution in [2.45, 2.75) is 26.0 Å². The quantitative estimate of drug-likeness (QED) is 0.618. The number of ether oxygens (including phenoxy) is 1. The number of aliphatic hydroxyl groups excluding tert-OH is 1. The summed E-state index contributed by atoms with van der Waals surface area (Å²) in [5.41, 5.74) is 0.564. The van der Waals surface area contributed by atoms with E-state index in [0.29, 0.717) is 29.0 Å². The lowest BCUT2D eigenvalue weighted by molar-refractivity contribution is 0.105. The molecular formula is C14H22ClN3O3. The Morgan fingerprint density at radius 1 is 1.43 bits per heavy atom. The van der Waals surface area contributed by atoms with E-state index < -0.39 is 6.10 Å². The van der Waals surface area contributed by atoms with Gasteiger partial charge in [0.15, 0.2) is 0 Å². The summed E-state index contributed by atoms with van der Waals surface area (Å²) >= 11 is 6.07. The van der Waals surface area contributed by atoms with E-state index in [1.807, 2.05) is 13.8 Å². The van der Waals surface area contributed by atoms with Crippen LogP contribution in [0.2, 0.25) is 5.02 Å². The highest BCUT2D eigenvalue weighted by atomic mass is 35.5. The SMILES string of the molecule is CNC(=O)Nc1ccc(OCC(O)CNC(C)C)c(Cl)c1. The molecule has 0 fully saturated rings. The molecule has 0 radical (unpaired) electrons. The molecule has 0 aromatic heterocycles. The number of anilines is 1. The minimum Gasteiger partial charge on any atom is -0.489 e. The molecule has 0 aliphatic carbocycles. The Hall–Kier alpha value is -1.50. The molecule has 2 amide bonds. The van der Waals surface area contributed by atoms with Gasteiger partial charge in [0.2, 0.25) is 0 Å². The van der Waals surface area contributed by atoms with Crippen LogP contribution in [0.3, 0.4) is 0 Å². The third kappa shape index (κ3) is 6.66. The molecule has 1 aromatic rings. The monoisotopic (exact) mass is 315 g/mol. The van der Waals surface area contributed by atoms with Crippen molar-refractivity contribution in [1.29, 1.82) is 0 Å². The van der Waals surface area contributed by atoms with Crippen LogP contribution in [0.25, 0.3) is 0 Å². The van der Waals surface area contributed by atoms with Crippen LogP contribution in [-0.4, -0.2) is 43.5 Å². The van der Waals surface area contributed by atoms with Crippen molar-refractivity contribution >= 4 is 23.3 Å². The van der Waals surface area contributed by atoms with Crippen molar-refractivity contribution in [3.05, 3.63) is 23.2 Å². The van der Waals surface area contributed by atoms with Gasteiger partial charge in [0, 0.05) is 25.3 Å². The topological polar surface area (TPSA) is 82.6 Å². The van der Waals surface area contributed by atoms with Crippen molar-refractivity contribution < 1.29 is 14.6 Å². The lowest BCUT2D eigenvalue weighted by atomic mass is 10.3. The first-order chi connectivity index (χ1) is 9.92. The van der Waals surface area contributed by atoms with E-state index in [4.69, 9.17) is 16.3 Å². The van der Waals surface area contributed by atoms with E-state index in [1.54, 1.807) is 18.2 Å². The maximum absolute atomic E-state index is 11.2. The average molecular weight is 316 g/mol. The second kappa shape index (κ2) is 8.71. The van der Waals surface area contributed by atoms with Crippen LogP contribution in [0.5, 0.6) is 5.75 Å². The molecule has 0 saturated carbocycles. The number of benzene rings is 1. The first kappa shape index (κ1) is 17.6. The van der Waals surface area contributed by atoms with Gasteiger partial charge < -0.3 is 25.8 Å². The zero-order valence-corrected chi connectivity index (χ0v) is 13.2. The number of urea groups is 1. The largest absolute Gasteiger partial charge is 0.489 e. The average Bonchev–Trinajstić information content (AvgIpc) is 2.44. The van der Waals surface area contributed by atoms with E-state index >= 15 is 0 Å². The van der Waals surface area contributed by atoms with E-state index in [-0.39, 0.29) is 12.6 Å². The van der Waals surface area contributed by atoms with Gasteiger partial charge in [-0.3, -0.25) is 0 Å². The Balaban J connectivity index is 2.50. The number of nitrogens with one attached hydrogen (secondary N) is 3. The maximum atomic E-state index is 11.2. The Morgan fingerprint density at radius 3 is 2.71 bits per heavy atom. The fourth-order valence-electron chi connectivity index (χ4n) is 1.51. The van der Waals surface area contributed by atoms with E-state index in [9.17, 15) is 9.90 Å². The smallest absolute Gasteiger partial charge is 0.318 e. The Morgan fingerprint density at radius 2 is 2.14 bits per heavy atom. The predicted octanol–water partition coefficient (Wildman–Crippen LogP) is 1.83. The molecule has 21 heavy (non-hydrogen) atoms. The molecule has 1 atom stereocenters. The van der Waals surface area contributed by atoms with Gasteiger partial charge in [0.1, 0.15) is 18.5 Å². The Labute approximate surface area is 129 Å². The van der Waals surface area contributed by atoms with Crippen LogP contribution in [0, 0.1) is 0 Å². The molecule has 0 aliphatic rings. The third-order valence-corrected chi connectivity index (χ3v) is 2.91. The fraction of sp³-hybridized carbons (Fsp3) is 0.500. The highest BCUT2D eigenvalue weighted by Crippen LogP contribution is 2.27. The molecule has 0 heterocycles. The predicted molar refractivity (Wildman–Crippen MR) is 84.2 cm³/mol. The van der Waals surface area contributed by atoms with Gasteiger partial charge in [-0.05, 0) is 18.2 Å². The standard InChI is InChI=1S/C14H22ClN3O3/c1-9(2)17-7-11(19)8-21-13-5-4-10(6-12(13)15)18-14(20)16-3/h4-6,9,11,17,19H,7-8H2,1-3H3,(H2,16,18,20). The second-order valence-electron chi connectivity index (χ2n) is 4.88. The van der Waals surface area contributed by atoms with E-state index in [1.165, 1.54) is 7.05 Å². The molecule has 0 saturated heterocycles. The molecule has 1 unspecified atom stereocenters. The normalized spacial score (nSPS) is 12.1. The van der Waals surface area contributed by atoms with Gasteiger partial charge in [-0.2, -0.15) is 0 Å². The lowest BCUT2D eigenvalue weighted by Crippen LogP contribution is -2.35. The molecule has 0 spiro atoms. The van der Waals surface area contributed by atoms with Crippen LogP contribution in [0.15, 0.2) is 18.2 Å². The Bertz CT molecular complexity index is 469. The molecule has 0 bridgehead atoms. The number of aliphatic hydroxyl groups is 1. The van der Waals surface area contributed by atoms with Gasteiger partial charge >= 0.3 is 6.03 Å². The van der Waals surface area contributed by atoms with Crippen LogP contribution in [0.1, 0.15) is 13.8 Å². The Kier molecular flexibility index (Phi) is 7.28. The molecule has 0 aliphatic heterocycles. The first-order valence-electron chi connectivity index (χ1n) is 6.75. The van der Waals surface area contributed by atoms with Gasteiger partial charge in [-0.15, -0.1) is 0 Å². The van der Waals surface area contributed by atoms with E-state index in [2.05, 4.69) is 16.0 Å². The number of halogens is 1. The van der Waals surface area contributed by atoms with Crippen molar-refractivity contribution in [2.24, 2.45) is 0 Å². The number of rotatable bonds is 7. The zero-order chi connectivity index (χ0) is 15.8. The molecule has 118 valence electrons. The van der Waals surface area contributed by atoms with Gasteiger partial charge in [0.05, 0.1) is 5.02 Å². The summed E-state index contributed by atoms with van der Waals surface area (Å²) in [5, 5.41) is 18.3. The summed E-state index contributed by atoms with van der Waals surface area (Å²) in [5.74, 6) is 0.461. The summed E-state index contributed by atoms with van der Waals surface area (Å²) in [4.78, 5) is 11.2. The molecule has 1 rings (SSSR count). The zero-order valence-electron chi connectivity index (χ0n) is 12.4. The summed E-state index contributed by atoms with van der Waals surface area (Å²) in [6, 6.07) is 4.89. The lowest BCUT2D eigenvalue weighted by Gasteiger charge is -2.16. The summed E-state index contributed by atoms with van der Waals surface area (Å²) in [6.07, 6.45) is -0.618. The maximum Gasteiger partial charge on any atom is 0.318 e. The van der Waals surface area contributed by atoms with Crippen molar-refractivity contribution in [3.63, 3.8) is 0 Å². The number of hydrogen-bond donors (Lipinski definition) is 4. The summed E-state index contributed by atoms with van der Waals surface area (Å²) in [7, 11) is 1.53. The van der Waals surface area contributed by atoms with E-state index in [0.717, 1.165) is 0 Å². The third-order valence-electron chi connectivity index (χ3n) is 2.61. The molecule has 6 nitrogen and oxygen atoms in total. The summed E-state index contributed by atoms with van der Waals surface area (Å²) < 4.78 is 5.47. The number of carbonyl (C=O) groups is 1. The van der Waals surface area contributed by atoms with Crippen LogP contribution < -0.4 is 20.7 Å². The van der Waals surface area contributed by atoms with Gasteiger partial charge in [-0.1, -0.05) is 25.4 Å². The highest BCUT2D eigenvalue weighted by molar-refractivity contribution is 6.32. The number of amides is 2. The van der Waals surface area contributed by atoms with Gasteiger partial charge in [0.25, 0.3) is 0 Å². The fourth-order valence-corrected chi connectivity index (χ4v) is 1.74. The molecular weight excluding hydrogens is 294 g/mol. The highest BCUT2D eigenvalue weighted by Gasteiger charge is 2.09. The first-order valence-corrected chi connectivity index (χ1v) is 7.12. The van der Waals surface area contributed by atoms with Crippen molar-refractivity contribution in [2.75, 3.05) is 25.5 Å². The molecule has 7 heteroatoms.